The lowest BCUT2D eigenvalue weighted by Crippen LogP contribution is -2.16. The molecule has 0 bridgehead atoms. The van der Waals surface area contributed by atoms with Crippen LogP contribution in [0.25, 0.3) is 11.4 Å². The van der Waals surface area contributed by atoms with Crippen molar-refractivity contribution in [1.29, 1.82) is 0 Å². The number of nitrogens with one attached hydrogen (secondary N) is 2. The van der Waals surface area contributed by atoms with Crippen LogP contribution in [0, 0.1) is 0 Å². The highest BCUT2D eigenvalue weighted by molar-refractivity contribution is 6.08. The van der Waals surface area contributed by atoms with Gasteiger partial charge in [-0.3, -0.25) is 19.6 Å². The summed E-state index contributed by atoms with van der Waals surface area (Å²) < 4.78 is 0. The van der Waals surface area contributed by atoms with Gasteiger partial charge in [0.05, 0.1) is 11.4 Å². The number of nitrogens with zero attached hydrogens (tertiary/aromatic N) is 4. The van der Waals surface area contributed by atoms with Crippen LogP contribution in [0.5, 0.6) is 0 Å². The molecule has 0 aliphatic heterocycles. The molecule has 0 aliphatic rings. The molecule has 182 valence electrons. The summed E-state index contributed by atoms with van der Waals surface area (Å²) in [6, 6.07) is 21.6. The van der Waals surface area contributed by atoms with E-state index in [4.69, 9.17) is 0 Å². The zero-order valence-electron chi connectivity index (χ0n) is 20.7. The third kappa shape index (κ3) is 5.50. The van der Waals surface area contributed by atoms with Crippen molar-refractivity contribution in [1.82, 2.24) is 9.97 Å². The van der Waals surface area contributed by atoms with Gasteiger partial charge in [0.15, 0.2) is 0 Å². The summed E-state index contributed by atoms with van der Waals surface area (Å²) in [5.41, 5.74) is 4.92. The van der Waals surface area contributed by atoms with Gasteiger partial charge < -0.3 is 20.4 Å². The first-order valence-electron chi connectivity index (χ1n) is 11.4. The third-order valence-electron chi connectivity index (χ3n) is 5.63. The second-order valence-corrected chi connectivity index (χ2v) is 8.59. The van der Waals surface area contributed by atoms with Gasteiger partial charge in [0.2, 0.25) is 0 Å². The fourth-order valence-corrected chi connectivity index (χ4v) is 3.60. The molecule has 2 aromatic carbocycles. The van der Waals surface area contributed by atoms with E-state index in [0.717, 1.165) is 11.4 Å². The Morgan fingerprint density at radius 2 is 0.944 bits per heavy atom. The largest absolute Gasteiger partial charge is 0.378 e. The van der Waals surface area contributed by atoms with E-state index in [1.54, 1.807) is 60.9 Å². The third-order valence-corrected chi connectivity index (χ3v) is 5.63. The van der Waals surface area contributed by atoms with Gasteiger partial charge in [-0.15, -0.1) is 0 Å². The molecule has 4 rings (SSSR count). The van der Waals surface area contributed by atoms with Gasteiger partial charge in [0.1, 0.15) is 11.4 Å². The molecular formula is C28H28N6O2. The zero-order chi connectivity index (χ0) is 25.7. The van der Waals surface area contributed by atoms with Crippen molar-refractivity contribution in [3.63, 3.8) is 0 Å². The number of benzene rings is 2. The first-order valence-corrected chi connectivity index (χ1v) is 11.4. The van der Waals surface area contributed by atoms with E-state index in [1.807, 2.05) is 62.3 Å². The minimum atomic E-state index is -0.267. The Bertz CT molecular complexity index is 1260. The molecule has 0 saturated heterocycles. The molecule has 0 aliphatic carbocycles. The van der Waals surface area contributed by atoms with E-state index in [9.17, 15) is 9.59 Å². The maximum atomic E-state index is 13.0. The summed E-state index contributed by atoms with van der Waals surface area (Å²) in [5.74, 6) is -0.533. The lowest BCUT2D eigenvalue weighted by molar-refractivity contribution is 0.101. The molecule has 36 heavy (non-hydrogen) atoms. The summed E-state index contributed by atoms with van der Waals surface area (Å²) in [6.07, 6.45) is 3.24. The van der Waals surface area contributed by atoms with Crippen LogP contribution in [0.15, 0.2) is 85.2 Å². The highest BCUT2D eigenvalue weighted by atomic mass is 16.2. The predicted octanol–water partition coefficient (Wildman–Crippen LogP) is 4.78. The number of amides is 2. The van der Waals surface area contributed by atoms with Crippen LogP contribution < -0.4 is 20.4 Å². The average molecular weight is 481 g/mol. The van der Waals surface area contributed by atoms with Gasteiger partial charge >= 0.3 is 0 Å². The van der Waals surface area contributed by atoms with Crippen molar-refractivity contribution >= 4 is 34.6 Å². The number of hydrogen-bond donors (Lipinski definition) is 2. The Kier molecular flexibility index (Phi) is 7.25. The molecular weight excluding hydrogens is 452 g/mol. The Balaban J connectivity index is 1.59. The first-order chi connectivity index (χ1) is 17.3. The van der Waals surface area contributed by atoms with Crippen LogP contribution in [0.3, 0.4) is 0 Å². The van der Waals surface area contributed by atoms with E-state index in [0.29, 0.717) is 33.9 Å². The Hall–Kier alpha value is -4.72. The normalized spacial score (nSPS) is 10.4. The highest BCUT2D eigenvalue weighted by Crippen LogP contribution is 2.30. The molecule has 0 unspecified atom stereocenters. The number of anilines is 4. The lowest BCUT2D eigenvalue weighted by Gasteiger charge is -2.15. The average Bonchev–Trinajstić information content (AvgIpc) is 2.89. The SMILES string of the molecule is CN(C)c1ccc(C(=O)Nc2cccnc2-c2ncccc2NC(=O)c2ccc(N(C)C)cc2)cc1. The van der Waals surface area contributed by atoms with Crippen molar-refractivity contribution in [3.05, 3.63) is 96.3 Å². The molecule has 0 fully saturated rings. The molecule has 4 aromatic rings. The van der Waals surface area contributed by atoms with Gasteiger partial charge in [-0.1, -0.05) is 0 Å². The molecule has 0 atom stereocenters. The van der Waals surface area contributed by atoms with Crippen LogP contribution in [-0.4, -0.2) is 50.0 Å². The van der Waals surface area contributed by atoms with Crippen LogP contribution in [0.4, 0.5) is 22.7 Å². The summed E-state index contributed by atoms with van der Waals surface area (Å²) in [4.78, 5) is 38.8. The second-order valence-electron chi connectivity index (χ2n) is 8.59. The van der Waals surface area contributed by atoms with E-state index in [1.165, 1.54) is 0 Å². The number of aromatic nitrogens is 2. The summed E-state index contributed by atoms with van der Waals surface area (Å²) in [5, 5.41) is 5.86. The monoisotopic (exact) mass is 480 g/mol. The number of rotatable bonds is 7. The number of hydrogen-bond acceptors (Lipinski definition) is 6. The molecule has 8 nitrogen and oxygen atoms in total. The van der Waals surface area contributed by atoms with Gasteiger partial charge in [0, 0.05) is 63.1 Å². The van der Waals surface area contributed by atoms with Crippen molar-refractivity contribution in [2.75, 3.05) is 48.6 Å². The minimum Gasteiger partial charge on any atom is -0.378 e. The van der Waals surface area contributed by atoms with Crippen molar-refractivity contribution < 1.29 is 9.59 Å². The summed E-state index contributed by atoms with van der Waals surface area (Å²) in [6.45, 7) is 0. The molecule has 2 aromatic heterocycles. The quantitative estimate of drug-likeness (QED) is 0.396. The topological polar surface area (TPSA) is 90.5 Å². The Labute approximate surface area is 210 Å². The Morgan fingerprint density at radius 1 is 0.583 bits per heavy atom. The summed E-state index contributed by atoms with van der Waals surface area (Å²) in [7, 11) is 7.77. The summed E-state index contributed by atoms with van der Waals surface area (Å²) >= 11 is 0. The van der Waals surface area contributed by atoms with Gasteiger partial charge in [-0.25, -0.2) is 0 Å². The standard InChI is InChI=1S/C28H28N6O2/c1-33(2)21-13-9-19(10-14-21)27(35)31-23-7-5-17-29-25(23)26-24(8-6-18-30-26)32-28(36)20-11-15-22(16-12-20)34(3)4/h5-18H,1-4H3,(H,31,35)(H,32,36). The zero-order valence-corrected chi connectivity index (χ0v) is 20.7. The Morgan fingerprint density at radius 3 is 1.28 bits per heavy atom. The number of carbonyl (C=O) groups excluding carboxylic acids is 2. The molecule has 8 heteroatoms. The van der Waals surface area contributed by atoms with Gasteiger partial charge in [-0.05, 0) is 72.8 Å². The van der Waals surface area contributed by atoms with E-state index >= 15 is 0 Å². The molecule has 2 amide bonds. The van der Waals surface area contributed by atoms with Crippen molar-refractivity contribution in [2.45, 2.75) is 0 Å². The molecule has 0 radical (unpaired) electrons. The van der Waals surface area contributed by atoms with Crippen molar-refractivity contribution in [2.24, 2.45) is 0 Å². The van der Waals surface area contributed by atoms with Crippen LogP contribution in [-0.2, 0) is 0 Å². The molecule has 2 heterocycles. The molecule has 2 N–H and O–H groups in total. The highest BCUT2D eigenvalue weighted by Gasteiger charge is 2.17. The fourth-order valence-electron chi connectivity index (χ4n) is 3.60. The maximum Gasteiger partial charge on any atom is 0.255 e. The number of carbonyl (C=O) groups is 2. The smallest absolute Gasteiger partial charge is 0.255 e. The van der Waals surface area contributed by atoms with Gasteiger partial charge in [-0.2, -0.15) is 0 Å². The van der Waals surface area contributed by atoms with Crippen LogP contribution in [0.1, 0.15) is 20.7 Å². The fraction of sp³-hybridized carbons (Fsp3) is 0.143. The second kappa shape index (κ2) is 10.7. The predicted molar refractivity (Wildman–Crippen MR) is 145 cm³/mol. The van der Waals surface area contributed by atoms with Crippen LogP contribution in [0.2, 0.25) is 0 Å². The number of pyridine rings is 2. The van der Waals surface area contributed by atoms with E-state index < -0.39 is 0 Å². The van der Waals surface area contributed by atoms with Crippen LogP contribution >= 0.6 is 0 Å². The molecule has 0 saturated carbocycles. The first kappa shape index (κ1) is 24.4. The maximum absolute atomic E-state index is 13.0. The van der Waals surface area contributed by atoms with E-state index in [-0.39, 0.29) is 11.8 Å². The minimum absolute atomic E-state index is 0.267. The molecule has 0 spiro atoms. The van der Waals surface area contributed by atoms with E-state index in [2.05, 4.69) is 20.6 Å². The van der Waals surface area contributed by atoms with Gasteiger partial charge in [0.25, 0.3) is 11.8 Å². The lowest BCUT2D eigenvalue weighted by atomic mass is 10.1. The van der Waals surface area contributed by atoms with Crippen molar-refractivity contribution in [3.8, 4) is 11.4 Å².